The highest BCUT2D eigenvalue weighted by Gasteiger charge is 2.45. The van der Waals surface area contributed by atoms with Gasteiger partial charge in [0.15, 0.2) is 18.7 Å². The first-order chi connectivity index (χ1) is 13.9. The lowest BCUT2D eigenvalue weighted by Gasteiger charge is -2.33. The van der Waals surface area contributed by atoms with Crippen LogP contribution in [-0.2, 0) is 16.0 Å². The van der Waals surface area contributed by atoms with Gasteiger partial charge >= 0.3 is 0 Å². The Bertz CT molecular complexity index is 1010. The highest BCUT2D eigenvalue weighted by molar-refractivity contribution is 6.44. The summed E-state index contributed by atoms with van der Waals surface area (Å²) in [6.45, 7) is 1.84. The normalized spacial score (nSPS) is 20.1. The minimum absolute atomic E-state index is 0.0906. The Hall–Kier alpha value is -2.45. The number of nitrogens with zero attached hydrogens (tertiary/aromatic N) is 4. The molecule has 152 valence electrons. The Morgan fingerprint density at radius 1 is 1.38 bits per heavy atom. The molecule has 0 saturated heterocycles. The molecule has 2 aliphatic rings. The number of amides is 1. The Labute approximate surface area is 177 Å². The number of nitrogens with one attached hydrogen (secondary N) is 1. The summed E-state index contributed by atoms with van der Waals surface area (Å²) in [4.78, 5) is 25.0. The van der Waals surface area contributed by atoms with Crippen molar-refractivity contribution < 1.29 is 14.3 Å². The number of ether oxygens (including phenoxy) is 1. The molecule has 1 amide bonds. The van der Waals surface area contributed by atoms with Crippen LogP contribution in [-0.4, -0.2) is 38.6 Å². The van der Waals surface area contributed by atoms with Gasteiger partial charge in [0.25, 0.3) is 5.91 Å². The van der Waals surface area contributed by atoms with Gasteiger partial charge in [-0.3, -0.25) is 9.59 Å². The summed E-state index contributed by atoms with van der Waals surface area (Å²) in [5.74, 6) is -0.0278. The smallest absolute Gasteiger partial charge is 0.279 e. The number of fused-ring (bicyclic) bond motifs is 3. The number of halogens is 2. The lowest BCUT2D eigenvalue weighted by Crippen LogP contribution is -2.29. The molecular weight excluding hydrogens is 417 g/mol. The first-order valence-electron chi connectivity index (χ1n) is 9.35. The fourth-order valence-electron chi connectivity index (χ4n) is 4.29. The highest BCUT2D eigenvalue weighted by Crippen LogP contribution is 2.58. The molecule has 0 spiro atoms. The van der Waals surface area contributed by atoms with E-state index in [0.29, 0.717) is 17.2 Å². The zero-order valence-corrected chi connectivity index (χ0v) is 17.3. The molecule has 1 atom stereocenters. The number of tetrazole rings is 1. The van der Waals surface area contributed by atoms with Gasteiger partial charge in [-0.25, -0.2) is 5.43 Å². The number of aromatic nitrogens is 4. The van der Waals surface area contributed by atoms with Crippen LogP contribution in [0.5, 0.6) is 5.75 Å². The van der Waals surface area contributed by atoms with Crippen LogP contribution < -0.4 is 10.2 Å². The molecule has 2 aromatic rings. The molecule has 1 heterocycles. The van der Waals surface area contributed by atoms with Crippen molar-refractivity contribution in [1.82, 2.24) is 20.3 Å². The third kappa shape index (κ3) is 3.62. The molecule has 0 radical (unpaired) electrons. The number of hydrogen-bond acceptors (Lipinski definition) is 6. The van der Waals surface area contributed by atoms with Gasteiger partial charge in [-0.05, 0) is 47.8 Å². The van der Waals surface area contributed by atoms with Crippen molar-refractivity contribution in [3.8, 4) is 5.75 Å². The monoisotopic (exact) mass is 435 g/mol. The van der Waals surface area contributed by atoms with Gasteiger partial charge in [-0.2, -0.15) is 0 Å². The highest BCUT2D eigenvalue weighted by atomic mass is 35.5. The molecule has 2 aliphatic carbocycles. The molecule has 10 heteroatoms. The molecular formula is C19H19Cl2N5O3. The number of allylic oxidation sites excluding steroid dienone is 2. The second-order valence-corrected chi connectivity index (χ2v) is 8.07. The van der Waals surface area contributed by atoms with E-state index in [9.17, 15) is 9.59 Å². The maximum absolute atomic E-state index is 12.1. The van der Waals surface area contributed by atoms with E-state index in [1.165, 1.54) is 6.33 Å². The number of hydrogen-bond donors (Lipinski definition) is 1. The molecule has 0 fully saturated rings. The molecule has 0 bridgehead atoms. The SMILES string of the molecule is CCCC12CCC(=O)C=C1c1c(cc(OCC(=O)Nn3ncnn3)c(Cl)c1Cl)C2. The molecule has 1 unspecified atom stereocenters. The van der Waals surface area contributed by atoms with E-state index in [0.717, 1.165) is 47.3 Å². The molecule has 4 rings (SSSR count). The zero-order chi connectivity index (χ0) is 20.6. The number of benzene rings is 1. The largest absolute Gasteiger partial charge is 0.482 e. The summed E-state index contributed by atoms with van der Waals surface area (Å²) >= 11 is 13.1. The molecule has 0 saturated carbocycles. The second kappa shape index (κ2) is 7.76. The minimum atomic E-state index is -0.472. The van der Waals surface area contributed by atoms with E-state index in [-0.39, 0.29) is 22.8 Å². The van der Waals surface area contributed by atoms with Crippen LogP contribution >= 0.6 is 23.2 Å². The molecule has 1 aromatic heterocycles. The van der Waals surface area contributed by atoms with E-state index >= 15 is 0 Å². The number of rotatable bonds is 6. The quantitative estimate of drug-likeness (QED) is 0.747. The van der Waals surface area contributed by atoms with Crippen molar-refractivity contribution in [3.63, 3.8) is 0 Å². The van der Waals surface area contributed by atoms with Gasteiger partial charge in [-0.15, -0.1) is 10.2 Å². The summed E-state index contributed by atoms with van der Waals surface area (Å²) in [6, 6.07) is 1.82. The van der Waals surface area contributed by atoms with Crippen LogP contribution in [0.3, 0.4) is 0 Å². The van der Waals surface area contributed by atoms with Crippen molar-refractivity contribution in [2.24, 2.45) is 5.41 Å². The van der Waals surface area contributed by atoms with Gasteiger partial charge in [-0.1, -0.05) is 41.5 Å². The van der Waals surface area contributed by atoms with Crippen molar-refractivity contribution in [2.75, 3.05) is 12.0 Å². The first-order valence-corrected chi connectivity index (χ1v) is 10.1. The van der Waals surface area contributed by atoms with E-state index in [4.69, 9.17) is 27.9 Å². The third-order valence-electron chi connectivity index (χ3n) is 5.44. The topological polar surface area (TPSA) is 99.0 Å². The minimum Gasteiger partial charge on any atom is -0.482 e. The fourth-order valence-corrected chi connectivity index (χ4v) is 4.81. The molecule has 29 heavy (non-hydrogen) atoms. The predicted molar refractivity (Wildman–Crippen MR) is 107 cm³/mol. The van der Waals surface area contributed by atoms with E-state index in [2.05, 4.69) is 27.8 Å². The number of carbonyl (C=O) groups is 2. The maximum atomic E-state index is 12.1. The Kier molecular flexibility index (Phi) is 5.31. The Balaban J connectivity index is 1.60. The second-order valence-electron chi connectivity index (χ2n) is 7.32. The Morgan fingerprint density at radius 2 is 2.21 bits per heavy atom. The van der Waals surface area contributed by atoms with Crippen molar-refractivity contribution in [2.45, 2.75) is 39.0 Å². The lowest BCUT2D eigenvalue weighted by molar-refractivity contribution is -0.119. The molecule has 0 aliphatic heterocycles. The molecule has 1 aromatic carbocycles. The maximum Gasteiger partial charge on any atom is 0.279 e. The van der Waals surface area contributed by atoms with E-state index < -0.39 is 5.91 Å². The summed E-state index contributed by atoms with van der Waals surface area (Å²) in [7, 11) is 0. The Morgan fingerprint density at radius 3 is 2.93 bits per heavy atom. The van der Waals surface area contributed by atoms with Crippen LogP contribution in [0, 0.1) is 5.41 Å². The molecule has 1 N–H and O–H groups in total. The number of ketones is 1. The summed E-state index contributed by atoms with van der Waals surface area (Å²) in [6.07, 6.45) is 7.02. The van der Waals surface area contributed by atoms with Crippen LogP contribution in [0.15, 0.2) is 18.5 Å². The standard InChI is InChI=1S/C19H19Cl2N5O3/c1-2-4-19-5-3-12(27)7-13(19)16-11(8-19)6-14(17(20)18(16)21)29-9-15(28)24-26-23-10-22-25-26/h6-7,10H,2-5,8-9H2,1H3,(H,24,28). The summed E-state index contributed by atoms with van der Waals surface area (Å²) < 4.78 is 5.62. The third-order valence-corrected chi connectivity index (χ3v) is 6.29. The average molecular weight is 436 g/mol. The average Bonchev–Trinajstić information content (AvgIpc) is 3.29. The van der Waals surface area contributed by atoms with Gasteiger partial charge in [0.1, 0.15) is 10.8 Å². The summed E-state index contributed by atoms with van der Waals surface area (Å²) in [5.41, 5.74) is 5.11. The van der Waals surface area contributed by atoms with E-state index in [1.54, 1.807) is 6.08 Å². The zero-order valence-electron chi connectivity index (χ0n) is 15.7. The number of carbonyl (C=O) groups excluding carboxylic acids is 2. The van der Waals surface area contributed by atoms with E-state index in [1.807, 2.05) is 6.07 Å². The van der Waals surface area contributed by atoms with Crippen molar-refractivity contribution in [1.29, 1.82) is 0 Å². The fraction of sp³-hybridized carbons (Fsp3) is 0.421. The van der Waals surface area contributed by atoms with Crippen LogP contribution in [0.4, 0.5) is 0 Å². The van der Waals surface area contributed by atoms with Gasteiger partial charge in [0.05, 0.1) is 5.02 Å². The first kappa shape index (κ1) is 19.8. The van der Waals surface area contributed by atoms with Gasteiger partial charge in [0.2, 0.25) is 0 Å². The van der Waals surface area contributed by atoms with Gasteiger partial charge in [0, 0.05) is 17.4 Å². The van der Waals surface area contributed by atoms with Crippen LogP contribution in [0.1, 0.15) is 43.7 Å². The predicted octanol–water partition coefficient (Wildman–Crippen LogP) is 3.22. The van der Waals surface area contributed by atoms with Gasteiger partial charge < -0.3 is 4.74 Å². The van der Waals surface area contributed by atoms with Crippen molar-refractivity contribution in [3.05, 3.63) is 39.6 Å². The van der Waals surface area contributed by atoms with Crippen molar-refractivity contribution >= 4 is 40.5 Å². The van der Waals surface area contributed by atoms with Crippen LogP contribution in [0.2, 0.25) is 10.0 Å². The lowest BCUT2D eigenvalue weighted by atomic mass is 9.70. The molecule has 8 nitrogen and oxygen atoms in total. The summed E-state index contributed by atoms with van der Waals surface area (Å²) in [5, 5.41) is 11.3. The van der Waals surface area contributed by atoms with Crippen LogP contribution in [0.25, 0.3) is 5.57 Å².